The number of hydrazine groups is 1. The van der Waals surface area contributed by atoms with E-state index >= 15 is 0 Å². The summed E-state index contributed by atoms with van der Waals surface area (Å²) < 4.78 is 5.63. The Morgan fingerprint density at radius 2 is 1.96 bits per heavy atom. The highest BCUT2D eigenvalue weighted by Gasteiger charge is 2.37. The van der Waals surface area contributed by atoms with Gasteiger partial charge in [0, 0.05) is 18.8 Å². The minimum Gasteiger partial charge on any atom is -0.465 e. The number of hydrogen-bond donors (Lipinski definition) is 2. The molecule has 2 aliphatic rings. The number of aryl methyl sites for hydroxylation is 1. The van der Waals surface area contributed by atoms with E-state index in [4.69, 9.17) is 9.68 Å². The highest BCUT2D eigenvalue weighted by Crippen LogP contribution is 2.25. The molecule has 4 rings (SSSR count). The highest BCUT2D eigenvalue weighted by atomic mass is 16.3. The van der Waals surface area contributed by atoms with Crippen LogP contribution >= 0.6 is 0 Å². The summed E-state index contributed by atoms with van der Waals surface area (Å²) >= 11 is 0. The summed E-state index contributed by atoms with van der Waals surface area (Å²) in [5, 5.41) is 8.89. The number of piperazine rings is 1. The number of furan rings is 1. The lowest BCUT2D eigenvalue weighted by molar-refractivity contribution is -0.138. The fraction of sp³-hybridized carbons (Fsp3) is 0.350. The van der Waals surface area contributed by atoms with Crippen molar-refractivity contribution in [3.05, 3.63) is 53.5 Å². The van der Waals surface area contributed by atoms with Gasteiger partial charge in [-0.05, 0) is 49.7 Å². The average Bonchev–Trinajstić information content (AvgIpc) is 3.36. The Morgan fingerprint density at radius 3 is 2.61 bits per heavy atom. The molecule has 2 fully saturated rings. The van der Waals surface area contributed by atoms with Gasteiger partial charge >= 0.3 is 0 Å². The lowest BCUT2D eigenvalue weighted by atomic mass is 10.1. The van der Waals surface area contributed by atoms with E-state index in [0.717, 1.165) is 17.2 Å². The van der Waals surface area contributed by atoms with Crippen LogP contribution in [-0.4, -0.2) is 42.4 Å². The topological polar surface area (TPSA) is 102 Å². The number of nitrogens with zero attached hydrogens (tertiary/aromatic N) is 3. The Hall–Kier alpha value is -3.15. The van der Waals surface area contributed by atoms with Crippen molar-refractivity contribution in [2.75, 3.05) is 24.5 Å². The van der Waals surface area contributed by atoms with Gasteiger partial charge in [-0.3, -0.25) is 9.59 Å². The van der Waals surface area contributed by atoms with Gasteiger partial charge in [-0.1, -0.05) is 0 Å². The van der Waals surface area contributed by atoms with E-state index < -0.39 is 6.04 Å². The number of anilines is 1. The van der Waals surface area contributed by atoms with Crippen LogP contribution < -0.4 is 15.8 Å². The van der Waals surface area contributed by atoms with Crippen LogP contribution in [0.2, 0.25) is 0 Å². The predicted molar refractivity (Wildman–Crippen MR) is 101 cm³/mol. The Balaban J connectivity index is 1.37. The van der Waals surface area contributed by atoms with Gasteiger partial charge in [0.1, 0.15) is 24.1 Å². The van der Waals surface area contributed by atoms with E-state index in [1.165, 1.54) is 0 Å². The maximum absolute atomic E-state index is 12.8. The Kier molecular flexibility index (Phi) is 4.86. The molecule has 1 aromatic heterocycles. The third kappa shape index (κ3) is 3.50. The number of hydrogen-bond acceptors (Lipinski definition) is 6. The monoisotopic (exact) mass is 379 g/mol. The summed E-state index contributed by atoms with van der Waals surface area (Å²) in [5.41, 5.74) is 7.41. The zero-order chi connectivity index (χ0) is 19.7. The van der Waals surface area contributed by atoms with Gasteiger partial charge in [-0.2, -0.15) is 5.26 Å². The summed E-state index contributed by atoms with van der Waals surface area (Å²) in [6.07, 6.45) is 0.565. The number of carbonyl (C=O) groups is 2. The molecule has 2 aliphatic heterocycles. The third-order valence-electron chi connectivity index (χ3n) is 5.15. The lowest BCUT2D eigenvalue weighted by Crippen LogP contribution is -2.56. The lowest BCUT2D eigenvalue weighted by Gasteiger charge is -2.35. The second-order valence-corrected chi connectivity index (χ2v) is 7.04. The standard InChI is InChI=1S/C20H21N5O3/c1-13-2-7-18(28-13)16-10-17(23-22-16)20(27)24-8-9-25(19(26)12-24)15-5-3-14(11-21)4-6-15/h2-7,16-17,22-23H,8-10,12H2,1H3. The van der Waals surface area contributed by atoms with Gasteiger partial charge in [0.25, 0.3) is 0 Å². The molecule has 2 saturated heterocycles. The first-order valence-corrected chi connectivity index (χ1v) is 9.22. The number of benzene rings is 1. The summed E-state index contributed by atoms with van der Waals surface area (Å²) in [7, 11) is 0. The molecule has 2 unspecified atom stereocenters. The largest absolute Gasteiger partial charge is 0.465 e. The first-order chi connectivity index (χ1) is 13.5. The smallest absolute Gasteiger partial charge is 0.246 e. The van der Waals surface area contributed by atoms with Crippen molar-refractivity contribution in [1.29, 1.82) is 5.26 Å². The van der Waals surface area contributed by atoms with Crippen molar-refractivity contribution in [1.82, 2.24) is 15.8 Å². The first kappa shape index (κ1) is 18.2. The van der Waals surface area contributed by atoms with Crippen LogP contribution in [0.3, 0.4) is 0 Å². The number of carbonyl (C=O) groups excluding carboxylic acids is 2. The molecule has 3 heterocycles. The van der Waals surface area contributed by atoms with Crippen molar-refractivity contribution in [3.63, 3.8) is 0 Å². The zero-order valence-corrected chi connectivity index (χ0v) is 15.5. The molecular formula is C20H21N5O3. The van der Waals surface area contributed by atoms with Gasteiger partial charge in [0.2, 0.25) is 11.8 Å². The molecule has 2 atom stereocenters. The molecule has 0 spiro atoms. The molecule has 2 N–H and O–H groups in total. The van der Waals surface area contributed by atoms with Gasteiger partial charge < -0.3 is 14.2 Å². The molecule has 28 heavy (non-hydrogen) atoms. The minimum atomic E-state index is -0.398. The van der Waals surface area contributed by atoms with E-state index in [1.54, 1.807) is 34.1 Å². The normalized spacial score (nSPS) is 22.4. The minimum absolute atomic E-state index is 0.0432. The summed E-state index contributed by atoms with van der Waals surface area (Å²) in [4.78, 5) is 28.7. The summed E-state index contributed by atoms with van der Waals surface area (Å²) in [6, 6.07) is 12.3. The van der Waals surface area contributed by atoms with Crippen LogP contribution in [0.5, 0.6) is 0 Å². The Morgan fingerprint density at radius 1 is 1.18 bits per heavy atom. The molecule has 144 valence electrons. The molecule has 8 nitrogen and oxygen atoms in total. The fourth-order valence-corrected chi connectivity index (χ4v) is 3.62. The van der Waals surface area contributed by atoms with Crippen molar-refractivity contribution >= 4 is 17.5 Å². The van der Waals surface area contributed by atoms with Crippen LogP contribution in [0.1, 0.15) is 29.5 Å². The molecule has 0 aliphatic carbocycles. The highest BCUT2D eigenvalue weighted by molar-refractivity contribution is 5.98. The molecule has 2 aromatic rings. The van der Waals surface area contributed by atoms with E-state index in [9.17, 15) is 9.59 Å². The maximum Gasteiger partial charge on any atom is 0.246 e. The SMILES string of the molecule is Cc1ccc(C2CC(C(=O)N3CCN(c4ccc(C#N)cc4)C(=O)C3)NN2)o1. The van der Waals surface area contributed by atoms with Gasteiger partial charge in [0.05, 0.1) is 17.7 Å². The second kappa shape index (κ2) is 7.46. The average molecular weight is 379 g/mol. The van der Waals surface area contributed by atoms with Crippen molar-refractivity contribution in [2.24, 2.45) is 0 Å². The molecule has 0 saturated carbocycles. The van der Waals surface area contributed by atoms with Gasteiger partial charge in [0.15, 0.2) is 0 Å². The summed E-state index contributed by atoms with van der Waals surface area (Å²) in [6.45, 7) is 2.82. The zero-order valence-electron chi connectivity index (χ0n) is 15.5. The Labute approximate surface area is 162 Å². The first-order valence-electron chi connectivity index (χ1n) is 9.22. The van der Waals surface area contributed by atoms with Crippen LogP contribution in [0.15, 0.2) is 40.8 Å². The van der Waals surface area contributed by atoms with Crippen molar-refractivity contribution < 1.29 is 14.0 Å². The fourth-order valence-electron chi connectivity index (χ4n) is 3.62. The number of amides is 2. The van der Waals surface area contributed by atoms with Crippen LogP contribution in [0, 0.1) is 18.3 Å². The second-order valence-electron chi connectivity index (χ2n) is 7.04. The Bertz CT molecular complexity index is 930. The van der Waals surface area contributed by atoms with Crippen LogP contribution in [0.25, 0.3) is 0 Å². The molecule has 2 amide bonds. The van der Waals surface area contributed by atoms with E-state index in [-0.39, 0.29) is 24.4 Å². The van der Waals surface area contributed by atoms with E-state index in [0.29, 0.717) is 25.1 Å². The molecule has 8 heteroatoms. The van der Waals surface area contributed by atoms with E-state index in [1.807, 2.05) is 19.1 Å². The number of rotatable bonds is 3. The number of nitrogens with one attached hydrogen (secondary N) is 2. The van der Waals surface area contributed by atoms with Crippen molar-refractivity contribution in [2.45, 2.75) is 25.4 Å². The quantitative estimate of drug-likeness (QED) is 0.832. The van der Waals surface area contributed by atoms with Gasteiger partial charge in [-0.15, -0.1) is 0 Å². The summed E-state index contributed by atoms with van der Waals surface area (Å²) in [5.74, 6) is 1.40. The van der Waals surface area contributed by atoms with E-state index in [2.05, 4.69) is 16.9 Å². The molecule has 1 aromatic carbocycles. The maximum atomic E-state index is 12.8. The van der Waals surface area contributed by atoms with Gasteiger partial charge in [-0.25, -0.2) is 10.9 Å². The van der Waals surface area contributed by atoms with Crippen LogP contribution in [-0.2, 0) is 9.59 Å². The molecular weight excluding hydrogens is 358 g/mol. The predicted octanol–water partition coefficient (Wildman–Crippen LogP) is 1.24. The van der Waals surface area contributed by atoms with Crippen LogP contribution in [0.4, 0.5) is 5.69 Å². The third-order valence-corrected chi connectivity index (χ3v) is 5.15. The molecule has 0 bridgehead atoms. The van der Waals surface area contributed by atoms with Crippen molar-refractivity contribution in [3.8, 4) is 6.07 Å². The number of nitriles is 1. The molecule has 0 radical (unpaired) electrons.